The van der Waals surface area contributed by atoms with E-state index in [1.54, 1.807) is 0 Å². The summed E-state index contributed by atoms with van der Waals surface area (Å²) in [7, 11) is 0. The molecule has 0 aromatic carbocycles. The van der Waals surface area contributed by atoms with Crippen molar-refractivity contribution in [1.29, 1.82) is 0 Å². The lowest BCUT2D eigenvalue weighted by Gasteiger charge is -2.29. The van der Waals surface area contributed by atoms with E-state index in [1.165, 1.54) is 0 Å². The molecule has 1 aliphatic rings. The van der Waals surface area contributed by atoms with Crippen LogP contribution in [0.5, 0.6) is 0 Å². The van der Waals surface area contributed by atoms with Crippen molar-refractivity contribution in [2.75, 3.05) is 13.2 Å². The number of aliphatic hydroxyl groups is 5. The second kappa shape index (κ2) is 6.95. The van der Waals surface area contributed by atoms with Crippen molar-refractivity contribution >= 4 is 11.9 Å². The van der Waals surface area contributed by atoms with Gasteiger partial charge in [0.25, 0.3) is 5.91 Å². The van der Waals surface area contributed by atoms with Gasteiger partial charge in [0.05, 0.1) is 6.61 Å². The summed E-state index contributed by atoms with van der Waals surface area (Å²) < 4.78 is 0. The summed E-state index contributed by atoms with van der Waals surface area (Å²) in [5.74, 6) is -2.25. The first-order chi connectivity index (χ1) is 9.31. The normalized spacial score (nSPS) is 25.1. The molecular weight excluding hydrogens is 274 g/mol. The van der Waals surface area contributed by atoms with Crippen LogP contribution in [0.4, 0.5) is 0 Å². The Hall–Kier alpha value is -1.26. The van der Waals surface area contributed by atoms with Crippen molar-refractivity contribution in [3.8, 4) is 0 Å². The number of hydrogen-bond donors (Lipinski definition) is 6. The van der Waals surface area contributed by atoms with Gasteiger partial charge in [-0.15, -0.1) is 0 Å². The van der Waals surface area contributed by atoms with E-state index in [-0.39, 0.29) is 13.0 Å². The fraction of sp³-hybridized carbons (Fsp3) is 0.818. The second-order valence-electron chi connectivity index (χ2n) is 4.70. The summed E-state index contributed by atoms with van der Waals surface area (Å²) in [5, 5.41) is 55.4. The van der Waals surface area contributed by atoms with E-state index in [9.17, 15) is 24.9 Å². The molecule has 5 atom stereocenters. The predicted molar refractivity (Wildman–Crippen MR) is 63.5 cm³/mol. The van der Waals surface area contributed by atoms with Gasteiger partial charge >= 0.3 is 5.97 Å². The standard InChI is InChI=1S/C11H19NO8/c13-4-6(14)7(15)8(16)9(17)10(18)12-3-1-2-5(12)11(19)20/h5-9,13-17H,1-4H2,(H,19,20)/t5-,6-,7-,8+,9+/m1/s1. The van der Waals surface area contributed by atoms with E-state index in [2.05, 4.69) is 0 Å². The molecule has 0 aromatic rings. The van der Waals surface area contributed by atoms with Crippen molar-refractivity contribution < 1.29 is 40.2 Å². The van der Waals surface area contributed by atoms with Crippen molar-refractivity contribution in [2.24, 2.45) is 0 Å². The Labute approximate surface area is 114 Å². The monoisotopic (exact) mass is 293 g/mol. The number of likely N-dealkylation sites (tertiary alicyclic amines) is 1. The third kappa shape index (κ3) is 3.44. The molecule has 1 rings (SSSR count). The average Bonchev–Trinajstić information content (AvgIpc) is 2.92. The van der Waals surface area contributed by atoms with Gasteiger partial charge in [0, 0.05) is 6.54 Å². The SMILES string of the molecule is O=C(O)[C@H]1CCCN1C(=O)[C@@H](O)[C@@H](O)[C@H](O)[C@H](O)CO. The number of amides is 1. The van der Waals surface area contributed by atoms with Crippen molar-refractivity contribution in [2.45, 2.75) is 43.3 Å². The van der Waals surface area contributed by atoms with Crippen LogP contribution in [-0.4, -0.2) is 91.0 Å². The zero-order valence-electron chi connectivity index (χ0n) is 10.7. The number of aliphatic carboxylic acids is 1. The van der Waals surface area contributed by atoms with Gasteiger partial charge in [-0.2, -0.15) is 0 Å². The highest BCUT2D eigenvalue weighted by atomic mass is 16.4. The summed E-state index contributed by atoms with van der Waals surface area (Å²) in [5.41, 5.74) is 0. The minimum absolute atomic E-state index is 0.123. The highest BCUT2D eigenvalue weighted by Crippen LogP contribution is 2.20. The minimum atomic E-state index is -2.08. The summed E-state index contributed by atoms with van der Waals surface area (Å²) in [6, 6.07) is -1.08. The highest BCUT2D eigenvalue weighted by molar-refractivity contribution is 5.87. The van der Waals surface area contributed by atoms with E-state index in [1.807, 2.05) is 0 Å². The molecule has 9 heteroatoms. The summed E-state index contributed by atoms with van der Waals surface area (Å²) >= 11 is 0. The number of nitrogens with zero attached hydrogens (tertiary/aromatic N) is 1. The lowest BCUT2D eigenvalue weighted by molar-refractivity contribution is -0.163. The smallest absolute Gasteiger partial charge is 0.326 e. The maximum absolute atomic E-state index is 11.9. The van der Waals surface area contributed by atoms with Gasteiger partial charge in [0.1, 0.15) is 24.4 Å². The molecule has 1 aliphatic heterocycles. The zero-order chi connectivity index (χ0) is 15.4. The first-order valence-electron chi connectivity index (χ1n) is 6.17. The van der Waals surface area contributed by atoms with Crippen molar-refractivity contribution in [3.63, 3.8) is 0 Å². The maximum atomic E-state index is 11.9. The van der Waals surface area contributed by atoms with Gasteiger partial charge in [-0.1, -0.05) is 0 Å². The van der Waals surface area contributed by atoms with Gasteiger partial charge < -0.3 is 35.5 Å². The summed E-state index contributed by atoms with van der Waals surface area (Å²) in [6.07, 6.45) is -7.06. The van der Waals surface area contributed by atoms with Crippen LogP contribution in [0.2, 0.25) is 0 Å². The summed E-state index contributed by atoms with van der Waals surface area (Å²) in [4.78, 5) is 23.8. The van der Waals surface area contributed by atoms with Crippen LogP contribution in [0.25, 0.3) is 0 Å². The van der Waals surface area contributed by atoms with Crippen LogP contribution < -0.4 is 0 Å². The average molecular weight is 293 g/mol. The van der Waals surface area contributed by atoms with Gasteiger partial charge in [0.2, 0.25) is 0 Å². The Bertz CT molecular complexity index is 362. The third-order valence-corrected chi connectivity index (χ3v) is 3.33. The first-order valence-corrected chi connectivity index (χ1v) is 6.17. The number of carboxylic acid groups (broad SMARTS) is 1. The number of aliphatic hydroxyl groups excluding tert-OH is 5. The quantitative estimate of drug-likeness (QED) is 0.294. The molecule has 1 fully saturated rings. The van der Waals surface area contributed by atoms with E-state index in [4.69, 9.17) is 15.3 Å². The van der Waals surface area contributed by atoms with Crippen LogP contribution in [0.15, 0.2) is 0 Å². The topological polar surface area (TPSA) is 159 Å². The summed E-state index contributed by atoms with van der Waals surface area (Å²) in [6.45, 7) is -0.737. The molecule has 6 N–H and O–H groups in total. The van der Waals surface area contributed by atoms with E-state index in [0.717, 1.165) is 4.90 Å². The Balaban J connectivity index is 2.73. The van der Waals surface area contributed by atoms with E-state index in [0.29, 0.717) is 6.42 Å². The number of carboxylic acids is 1. The van der Waals surface area contributed by atoms with E-state index < -0.39 is 48.9 Å². The first kappa shape index (κ1) is 16.8. The fourth-order valence-electron chi connectivity index (χ4n) is 2.13. The molecule has 1 saturated heterocycles. The molecule has 0 bridgehead atoms. The van der Waals surface area contributed by atoms with Crippen LogP contribution in [0.1, 0.15) is 12.8 Å². The molecule has 0 saturated carbocycles. The molecule has 0 unspecified atom stereocenters. The van der Waals surface area contributed by atoms with Crippen molar-refractivity contribution in [1.82, 2.24) is 4.90 Å². The molecule has 9 nitrogen and oxygen atoms in total. The Morgan fingerprint density at radius 2 is 1.75 bits per heavy atom. The third-order valence-electron chi connectivity index (χ3n) is 3.33. The largest absolute Gasteiger partial charge is 0.480 e. The molecule has 0 aromatic heterocycles. The van der Waals surface area contributed by atoms with Crippen LogP contribution >= 0.6 is 0 Å². The molecule has 116 valence electrons. The van der Waals surface area contributed by atoms with Crippen molar-refractivity contribution in [3.05, 3.63) is 0 Å². The Kier molecular flexibility index (Phi) is 5.84. The predicted octanol–water partition coefficient (Wildman–Crippen LogP) is -3.50. The molecule has 20 heavy (non-hydrogen) atoms. The van der Waals surface area contributed by atoms with Crippen LogP contribution in [0, 0.1) is 0 Å². The lowest BCUT2D eigenvalue weighted by atomic mass is 10.0. The van der Waals surface area contributed by atoms with Gasteiger partial charge in [-0.05, 0) is 12.8 Å². The molecule has 1 amide bonds. The number of rotatable bonds is 6. The number of carbonyl (C=O) groups is 2. The van der Waals surface area contributed by atoms with E-state index >= 15 is 0 Å². The van der Waals surface area contributed by atoms with Gasteiger partial charge in [-0.25, -0.2) is 4.79 Å². The Morgan fingerprint density at radius 1 is 1.15 bits per heavy atom. The molecule has 0 spiro atoms. The number of carbonyl (C=O) groups excluding carboxylic acids is 1. The van der Waals surface area contributed by atoms with Crippen LogP contribution in [-0.2, 0) is 9.59 Å². The molecular formula is C11H19NO8. The van der Waals surface area contributed by atoms with Crippen LogP contribution in [0.3, 0.4) is 0 Å². The highest BCUT2D eigenvalue weighted by Gasteiger charge is 2.41. The second-order valence-corrected chi connectivity index (χ2v) is 4.70. The lowest BCUT2D eigenvalue weighted by Crippen LogP contribution is -2.54. The molecule has 0 radical (unpaired) electrons. The fourth-order valence-corrected chi connectivity index (χ4v) is 2.13. The Morgan fingerprint density at radius 3 is 2.25 bits per heavy atom. The maximum Gasteiger partial charge on any atom is 0.326 e. The minimum Gasteiger partial charge on any atom is -0.480 e. The van der Waals surface area contributed by atoms with Gasteiger partial charge in [-0.3, -0.25) is 4.79 Å². The number of hydrogen-bond acceptors (Lipinski definition) is 7. The molecule has 1 heterocycles. The van der Waals surface area contributed by atoms with Gasteiger partial charge in [0.15, 0.2) is 6.10 Å². The molecule has 0 aliphatic carbocycles. The zero-order valence-corrected chi connectivity index (χ0v) is 10.7.